The number of anilines is 1. The van der Waals surface area contributed by atoms with Crippen LogP contribution in [0.15, 0.2) is 78.6 Å². The molecule has 0 radical (unpaired) electrons. The van der Waals surface area contributed by atoms with E-state index >= 15 is 0 Å². The Bertz CT molecular complexity index is 1240. The first kappa shape index (κ1) is 22.8. The summed E-state index contributed by atoms with van der Waals surface area (Å²) < 4.78 is 47.0. The quantitative estimate of drug-likeness (QED) is 0.518. The number of ether oxygens (including phenoxy) is 2. The van der Waals surface area contributed by atoms with E-state index in [4.69, 9.17) is 4.74 Å². The fourth-order valence-electron chi connectivity index (χ4n) is 3.43. The van der Waals surface area contributed by atoms with Crippen LogP contribution in [0.4, 0.5) is 18.9 Å². The van der Waals surface area contributed by atoms with Crippen LogP contribution < -0.4 is 14.8 Å². The molecule has 1 aliphatic rings. The highest BCUT2D eigenvalue weighted by Crippen LogP contribution is 2.33. The molecule has 0 fully saturated rings. The number of aromatic nitrogens is 1. The molecule has 1 aliphatic heterocycles. The van der Waals surface area contributed by atoms with Crippen molar-refractivity contribution < 1.29 is 32.2 Å². The van der Waals surface area contributed by atoms with Gasteiger partial charge in [-0.25, -0.2) is 0 Å². The molecule has 2 aromatic carbocycles. The predicted octanol–water partition coefficient (Wildman–Crippen LogP) is 4.38. The van der Waals surface area contributed by atoms with Crippen LogP contribution >= 0.6 is 0 Å². The zero-order valence-corrected chi connectivity index (χ0v) is 17.8. The molecule has 0 unspecified atom stereocenters. The Morgan fingerprint density at radius 1 is 0.941 bits per heavy atom. The van der Waals surface area contributed by atoms with Crippen LogP contribution in [0.3, 0.4) is 0 Å². The van der Waals surface area contributed by atoms with Gasteiger partial charge >= 0.3 is 6.36 Å². The third-order valence-corrected chi connectivity index (χ3v) is 4.93. The number of rotatable bonds is 7. The van der Waals surface area contributed by atoms with E-state index in [1.54, 1.807) is 48.7 Å². The lowest BCUT2D eigenvalue weighted by atomic mass is 10.0. The molecule has 2 heterocycles. The Kier molecular flexibility index (Phi) is 6.22. The molecule has 3 aromatic rings. The SMILES string of the molecule is COc1ccc(C2=C(Nc3cccc(OC(F)(F)F)c3)C(=O)N(Cc3ccccn3)C2=O)cc1. The maximum Gasteiger partial charge on any atom is 0.573 e. The molecule has 0 aliphatic carbocycles. The highest BCUT2D eigenvalue weighted by atomic mass is 19.4. The van der Waals surface area contributed by atoms with E-state index in [-0.39, 0.29) is 23.5 Å². The second-order valence-corrected chi connectivity index (χ2v) is 7.20. The first-order chi connectivity index (χ1) is 16.2. The van der Waals surface area contributed by atoms with Crippen LogP contribution in [0, 0.1) is 0 Å². The number of pyridine rings is 1. The largest absolute Gasteiger partial charge is 0.573 e. The van der Waals surface area contributed by atoms with Gasteiger partial charge in [0, 0.05) is 18.0 Å². The van der Waals surface area contributed by atoms with Crippen molar-refractivity contribution in [1.29, 1.82) is 0 Å². The van der Waals surface area contributed by atoms with E-state index in [2.05, 4.69) is 15.0 Å². The first-order valence-corrected chi connectivity index (χ1v) is 10.0. The lowest BCUT2D eigenvalue weighted by molar-refractivity contribution is -0.274. The van der Waals surface area contributed by atoms with Gasteiger partial charge in [0.2, 0.25) is 0 Å². The van der Waals surface area contributed by atoms with Crippen LogP contribution in [0.1, 0.15) is 11.3 Å². The molecule has 0 saturated heterocycles. The number of benzene rings is 2. The van der Waals surface area contributed by atoms with E-state index in [0.717, 1.165) is 17.0 Å². The zero-order chi connectivity index (χ0) is 24.3. The summed E-state index contributed by atoms with van der Waals surface area (Å²) in [6.45, 7) is -0.0689. The molecule has 4 rings (SSSR count). The molecule has 174 valence electrons. The molecular weight excluding hydrogens is 451 g/mol. The highest BCUT2D eigenvalue weighted by molar-refractivity contribution is 6.36. The molecule has 1 N–H and O–H groups in total. The number of imide groups is 1. The van der Waals surface area contributed by atoms with Gasteiger partial charge < -0.3 is 14.8 Å². The van der Waals surface area contributed by atoms with Crippen molar-refractivity contribution in [2.45, 2.75) is 12.9 Å². The van der Waals surface area contributed by atoms with Crippen molar-refractivity contribution in [3.8, 4) is 11.5 Å². The molecular formula is C24H18F3N3O4. The average Bonchev–Trinajstić information content (AvgIpc) is 3.03. The number of nitrogens with zero attached hydrogens (tertiary/aromatic N) is 2. The molecule has 10 heteroatoms. The molecule has 0 atom stereocenters. The number of carbonyl (C=O) groups excluding carboxylic acids is 2. The lowest BCUT2D eigenvalue weighted by Crippen LogP contribution is -2.32. The Hall–Kier alpha value is -4.34. The molecule has 0 saturated carbocycles. The van der Waals surface area contributed by atoms with Crippen LogP contribution in [-0.2, 0) is 16.1 Å². The van der Waals surface area contributed by atoms with Gasteiger partial charge in [0.05, 0.1) is 24.9 Å². The van der Waals surface area contributed by atoms with Gasteiger partial charge in [-0.05, 0) is 42.0 Å². The van der Waals surface area contributed by atoms with Crippen molar-refractivity contribution in [3.63, 3.8) is 0 Å². The van der Waals surface area contributed by atoms with Gasteiger partial charge in [-0.2, -0.15) is 0 Å². The normalized spacial score (nSPS) is 13.9. The molecule has 0 spiro atoms. The molecule has 34 heavy (non-hydrogen) atoms. The standard InChI is InChI=1S/C24H18F3N3O4/c1-33-18-10-8-15(9-11-18)20-21(29-16-6-4-7-19(13-16)34-24(25,26)27)23(32)30(22(20)31)14-17-5-2-3-12-28-17/h2-13,29H,14H2,1H3. The van der Waals surface area contributed by atoms with Gasteiger partial charge in [0.15, 0.2) is 0 Å². The maximum atomic E-state index is 13.3. The van der Waals surface area contributed by atoms with Gasteiger partial charge in [-0.3, -0.25) is 19.5 Å². The van der Waals surface area contributed by atoms with Crippen molar-refractivity contribution in [3.05, 3.63) is 89.9 Å². The van der Waals surface area contributed by atoms with Crippen molar-refractivity contribution in [1.82, 2.24) is 9.88 Å². The number of halogens is 3. The summed E-state index contributed by atoms with van der Waals surface area (Å²) in [5, 5.41) is 2.81. The summed E-state index contributed by atoms with van der Waals surface area (Å²) in [5.74, 6) is -1.11. The molecule has 1 aromatic heterocycles. The Balaban J connectivity index is 1.71. The predicted molar refractivity (Wildman–Crippen MR) is 116 cm³/mol. The Morgan fingerprint density at radius 3 is 2.35 bits per heavy atom. The summed E-state index contributed by atoms with van der Waals surface area (Å²) >= 11 is 0. The number of nitrogens with one attached hydrogen (secondary N) is 1. The average molecular weight is 469 g/mol. The molecule has 0 bridgehead atoms. The minimum Gasteiger partial charge on any atom is -0.497 e. The number of methoxy groups -OCH3 is 1. The monoisotopic (exact) mass is 469 g/mol. The summed E-state index contributed by atoms with van der Waals surface area (Å²) in [7, 11) is 1.50. The first-order valence-electron chi connectivity index (χ1n) is 10.0. The summed E-state index contributed by atoms with van der Waals surface area (Å²) in [6.07, 6.45) is -3.33. The van der Waals surface area contributed by atoms with Gasteiger partial charge in [0.1, 0.15) is 17.2 Å². The lowest BCUT2D eigenvalue weighted by Gasteiger charge is -2.15. The minimum absolute atomic E-state index is 0.0689. The molecule has 2 amide bonds. The zero-order valence-electron chi connectivity index (χ0n) is 17.8. The van der Waals surface area contributed by atoms with Crippen molar-refractivity contribution >= 4 is 23.1 Å². The third kappa shape index (κ3) is 5.01. The van der Waals surface area contributed by atoms with Crippen LogP contribution in [0.25, 0.3) is 5.57 Å². The van der Waals surface area contributed by atoms with E-state index in [0.29, 0.717) is 17.0 Å². The number of hydrogen-bond acceptors (Lipinski definition) is 6. The van der Waals surface area contributed by atoms with Crippen LogP contribution in [-0.4, -0.2) is 35.2 Å². The van der Waals surface area contributed by atoms with Crippen LogP contribution in [0.2, 0.25) is 0 Å². The maximum absolute atomic E-state index is 13.3. The van der Waals surface area contributed by atoms with Crippen molar-refractivity contribution in [2.24, 2.45) is 0 Å². The van der Waals surface area contributed by atoms with Gasteiger partial charge in [-0.15, -0.1) is 13.2 Å². The summed E-state index contributed by atoms with van der Waals surface area (Å²) in [4.78, 5) is 31.8. The Morgan fingerprint density at radius 2 is 1.71 bits per heavy atom. The van der Waals surface area contributed by atoms with Gasteiger partial charge in [0.25, 0.3) is 11.8 Å². The minimum atomic E-state index is -4.87. The number of hydrogen-bond donors (Lipinski definition) is 1. The van der Waals surface area contributed by atoms with E-state index in [9.17, 15) is 22.8 Å². The van der Waals surface area contributed by atoms with E-state index < -0.39 is 23.9 Å². The topological polar surface area (TPSA) is 80.8 Å². The van der Waals surface area contributed by atoms with Crippen molar-refractivity contribution in [2.75, 3.05) is 12.4 Å². The summed E-state index contributed by atoms with van der Waals surface area (Å²) in [5.41, 5.74) is 1.08. The second kappa shape index (κ2) is 9.26. The van der Waals surface area contributed by atoms with E-state index in [1.807, 2.05) is 0 Å². The highest BCUT2D eigenvalue weighted by Gasteiger charge is 2.39. The fraction of sp³-hybridized carbons (Fsp3) is 0.125. The number of alkyl halides is 3. The third-order valence-electron chi connectivity index (χ3n) is 4.93. The fourth-order valence-corrected chi connectivity index (χ4v) is 3.43. The van der Waals surface area contributed by atoms with E-state index in [1.165, 1.54) is 19.2 Å². The summed E-state index contributed by atoms with van der Waals surface area (Å²) in [6, 6.07) is 16.6. The number of amides is 2. The van der Waals surface area contributed by atoms with Gasteiger partial charge in [-0.1, -0.05) is 24.3 Å². The molecule has 7 nitrogen and oxygen atoms in total. The number of carbonyl (C=O) groups is 2. The smallest absolute Gasteiger partial charge is 0.497 e. The van der Waals surface area contributed by atoms with Crippen LogP contribution in [0.5, 0.6) is 11.5 Å². The Labute approximate surface area is 192 Å². The second-order valence-electron chi connectivity index (χ2n) is 7.20.